The van der Waals surface area contributed by atoms with Crippen LogP contribution >= 0.6 is 12.2 Å². The first-order valence-corrected chi connectivity index (χ1v) is 9.92. The average Bonchev–Trinajstić information content (AvgIpc) is 2.78. The number of halogens is 1. The standard InChI is InChI=1S/C23H14FN3O5S/c24-15-6-11-20(27(30)31)14(12-15)13-19-21(28)25-23(29)26(22(19)33)16-7-9-18(10-8-16)32-17-4-2-1-3-5-17/h1-13H,(H,25,28,29). The van der Waals surface area contributed by atoms with Crippen molar-refractivity contribution >= 4 is 46.6 Å². The molecule has 0 saturated carbocycles. The highest BCUT2D eigenvalue weighted by atomic mass is 32.1. The zero-order chi connectivity index (χ0) is 23.5. The van der Waals surface area contributed by atoms with E-state index in [2.05, 4.69) is 5.32 Å². The number of rotatable bonds is 5. The summed E-state index contributed by atoms with van der Waals surface area (Å²) in [4.78, 5) is 36.4. The molecule has 4 rings (SSSR count). The Kier molecular flexibility index (Phi) is 5.92. The molecule has 1 heterocycles. The van der Waals surface area contributed by atoms with Gasteiger partial charge in [0.2, 0.25) is 0 Å². The van der Waals surface area contributed by atoms with Gasteiger partial charge < -0.3 is 4.74 Å². The maximum Gasteiger partial charge on any atom is 0.334 e. The van der Waals surface area contributed by atoms with Gasteiger partial charge in [0.1, 0.15) is 22.3 Å². The molecule has 164 valence electrons. The highest BCUT2D eigenvalue weighted by Gasteiger charge is 2.34. The fourth-order valence-electron chi connectivity index (χ4n) is 3.14. The van der Waals surface area contributed by atoms with E-state index in [9.17, 15) is 24.1 Å². The van der Waals surface area contributed by atoms with E-state index in [-0.39, 0.29) is 16.1 Å². The number of carbonyl (C=O) groups excluding carboxylic acids is 2. The first-order chi connectivity index (χ1) is 15.8. The average molecular weight is 463 g/mol. The molecule has 1 saturated heterocycles. The van der Waals surface area contributed by atoms with Crippen LogP contribution in [0.15, 0.2) is 78.4 Å². The number of imide groups is 1. The highest BCUT2D eigenvalue weighted by molar-refractivity contribution is 7.81. The Morgan fingerprint density at radius 2 is 1.67 bits per heavy atom. The van der Waals surface area contributed by atoms with Gasteiger partial charge in [-0.25, -0.2) is 9.18 Å². The maximum absolute atomic E-state index is 13.7. The lowest BCUT2D eigenvalue weighted by Gasteiger charge is -2.29. The van der Waals surface area contributed by atoms with Crippen molar-refractivity contribution in [2.45, 2.75) is 0 Å². The predicted octanol–water partition coefficient (Wildman–Crippen LogP) is 4.99. The van der Waals surface area contributed by atoms with Gasteiger partial charge in [-0.1, -0.05) is 30.4 Å². The van der Waals surface area contributed by atoms with Crippen molar-refractivity contribution in [2.75, 3.05) is 4.90 Å². The van der Waals surface area contributed by atoms with Crippen molar-refractivity contribution in [2.24, 2.45) is 0 Å². The molecule has 3 amide bonds. The largest absolute Gasteiger partial charge is 0.457 e. The maximum atomic E-state index is 13.7. The smallest absolute Gasteiger partial charge is 0.334 e. The lowest BCUT2D eigenvalue weighted by atomic mass is 10.1. The molecule has 3 aromatic carbocycles. The number of carbonyl (C=O) groups is 2. The number of anilines is 1. The lowest BCUT2D eigenvalue weighted by Crippen LogP contribution is -2.53. The Bertz CT molecular complexity index is 1310. The number of ether oxygens (including phenoxy) is 1. The molecule has 1 fully saturated rings. The second kappa shape index (κ2) is 8.97. The molecular formula is C23H14FN3O5S. The van der Waals surface area contributed by atoms with Crippen molar-refractivity contribution < 1.29 is 23.6 Å². The van der Waals surface area contributed by atoms with Crippen LogP contribution in [0.4, 0.5) is 20.6 Å². The summed E-state index contributed by atoms with van der Waals surface area (Å²) in [5.74, 6) is -0.431. The SMILES string of the molecule is O=C1NC(=O)N(c2ccc(Oc3ccccc3)cc2)C(=S)C1=Cc1cc(F)ccc1[N+](=O)[O-]. The van der Waals surface area contributed by atoms with E-state index in [1.165, 1.54) is 0 Å². The molecule has 1 aliphatic rings. The van der Waals surface area contributed by atoms with E-state index < -0.39 is 28.4 Å². The summed E-state index contributed by atoms with van der Waals surface area (Å²) in [6, 6.07) is 17.5. The van der Waals surface area contributed by atoms with E-state index in [0.717, 1.165) is 29.2 Å². The van der Waals surface area contributed by atoms with Crippen molar-refractivity contribution in [3.05, 3.63) is 99.9 Å². The number of nitro benzene ring substituents is 1. The molecule has 0 aliphatic carbocycles. The number of benzene rings is 3. The molecule has 0 radical (unpaired) electrons. The summed E-state index contributed by atoms with van der Waals surface area (Å²) in [5.41, 5.74) is -0.424. The molecule has 33 heavy (non-hydrogen) atoms. The summed E-state index contributed by atoms with van der Waals surface area (Å²) < 4.78 is 19.4. The van der Waals surface area contributed by atoms with Crippen LogP contribution in [0, 0.1) is 15.9 Å². The normalized spacial score (nSPS) is 14.9. The minimum Gasteiger partial charge on any atom is -0.457 e. The second-order valence-corrected chi connectivity index (χ2v) is 7.21. The molecular weight excluding hydrogens is 449 g/mol. The van der Waals surface area contributed by atoms with Crippen LogP contribution in [-0.2, 0) is 4.79 Å². The first kappa shape index (κ1) is 21.8. The van der Waals surface area contributed by atoms with Crippen LogP contribution in [0.3, 0.4) is 0 Å². The van der Waals surface area contributed by atoms with Crippen LogP contribution < -0.4 is 15.0 Å². The van der Waals surface area contributed by atoms with Crippen LogP contribution in [0.2, 0.25) is 0 Å². The molecule has 0 spiro atoms. The molecule has 1 aliphatic heterocycles. The Labute approximate surface area is 192 Å². The third-order valence-electron chi connectivity index (χ3n) is 4.66. The van der Waals surface area contributed by atoms with Gasteiger partial charge >= 0.3 is 6.03 Å². The topological polar surface area (TPSA) is 102 Å². The Morgan fingerprint density at radius 1 is 1.00 bits per heavy atom. The monoisotopic (exact) mass is 463 g/mol. The summed E-state index contributed by atoms with van der Waals surface area (Å²) in [6.45, 7) is 0. The lowest BCUT2D eigenvalue weighted by molar-refractivity contribution is -0.385. The summed E-state index contributed by atoms with van der Waals surface area (Å²) >= 11 is 5.34. The summed E-state index contributed by atoms with van der Waals surface area (Å²) in [5, 5.41) is 13.4. The van der Waals surface area contributed by atoms with Crippen molar-refractivity contribution in [3.8, 4) is 11.5 Å². The van der Waals surface area contributed by atoms with Gasteiger partial charge in [-0.15, -0.1) is 0 Å². The quantitative estimate of drug-likeness (QED) is 0.247. The molecule has 8 nitrogen and oxygen atoms in total. The number of nitrogens with one attached hydrogen (secondary N) is 1. The molecule has 0 unspecified atom stereocenters. The summed E-state index contributed by atoms with van der Waals surface area (Å²) in [7, 11) is 0. The minimum absolute atomic E-state index is 0.159. The van der Waals surface area contributed by atoms with Crippen LogP contribution in [-0.4, -0.2) is 21.9 Å². The Hall–Kier alpha value is -4.44. The molecule has 0 atom stereocenters. The number of hydrogen-bond donors (Lipinski definition) is 1. The Balaban J connectivity index is 1.65. The van der Waals surface area contributed by atoms with Gasteiger partial charge in [0.15, 0.2) is 0 Å². The van der Waals surface area contributed by atoms with Crippen LogP contribution in [0.25, 0.3) is 6.08 Å². The van der Waals surface area contributed by atoms with E-state index in [0.29, 0.717) is 17.2 Å². The highest BCUT2D eigenvalue weighted by Crippen LogP contribution is 2.29. The Morgan fingerprint density at radius 3 is 2.33 bits per heavy atom. The fourth-order valence-corrected chi connectivity index (χ4v) is 3.48. The first-order valence-electron chi connectivity index (χ1n) is 9.52. The number of nitro groups is 1. The molecule has 3 aromatic rings. The number of hydrogen-bond acceptors (Lipinski definition) is 6. The predicted molar refractivity (Wildman–Crippen MR) is 123 cm³/mol. The van der Waals surface area contributed by atoms with E-state index >= 15 is 0 Å². The van der Waals surface area contributed by atoms with Gasteiger partial charge in [-0.3, -0.25) is 25.1 Å². The van der Waals surface area contributed by atoms with Gasteiger partial charge in [-0.05, 0) is 54.6 Å². The van der Waals surface area contributed by atoms with Crippen molar-refractivity contribution in [3.63, 3.8) is 0 Å². The van der Waals surface area contributed by atoms with Crippen LogP contribution in [0.1, 0.15) is 5.56 Å². The van der Waals surface area contributed by atoms with Gasteiger partial charge in [-0.2, -0.15) is 0 Å². The number of para-hydroxylation sites is 1. The minimum atomic E-state index is -0.844. The number of nitrogens with zero attached hydrogens (tertiary/aromatic N) is 2. The van der Waals surface area contributed by atoms with E-state index in [1.54, 1.807) is 36.4 Å². The van der Waals surface area contributed by atoms with Crippen molar-refractivity contribution in [1.29, 1.82) is 0 Å². The zero-order valence-electron chi connectivity index (χ0n) is 16.7. The van der Waals surface area contributed by atoms with Crippen LogP contribution in [0.5, 0.6) is 11.5 Å². The van der Waals surface area contributed by atoms with Gasteiger partial charge in [0.05, 0.1) is 21.7 Å². The van der Waals surface area contributed by atoms with E-state index in [4.69, 9.17) is 17.0 Å². The number of thiocarbonyl (C=S) groups is 1. The molecule has 10 heteroatoms. The van der Waals surface area contributed by atoms with Gasteiger partial charge in [0, 0.05) is 6.07 Å². The summed E-state index contributed by atoms with van der Waals surface area (Å²) in [6.07, 6.45) is 1.09. The van der Waals surface area contributed by atoms with E-state index in [1.807, 2.05) is 18.2 Å². The number of urea groups is 1. The third kappa shape index (κ3) is 4.60. The number of amides is 3. The van der Waals surface area contributed by atoms with Crippen molar-refractivity contribution in [1.82, 2.24) is 5.32 Å². The zero-order valence-corrected chi connectivity index (χ0v) is 17.5. The third-order valence-corrected chi connectivity index (χ3v) is 5.06. The van der Waals surface area contributed by atoms with Gasteiger partial charge in [0.25, 0.3) is 11.6 Å². The molecule has 0 bridgehead atoms. The molecule has 1 N–H and O–H groups in total. The molecule has 0 aromatic heterocycles. The fraction of sp³-hybridized carbons (Fsp3) is 0. The second-order valence-electron chi connectivity index (χ2n) is 6.83.